The molecule has 0 aliphatic rings. The summed E-state index contributed by atoms with van der Waals surface area (Å²) >= 11 is 3.30. The minimum Gasteiger partial charge on any atom is -0.192 e. The Kier molecular flexibility index (Phi) is 4.23. The fourth-order valence-electron chi connectivity index (χ4n) is 1.06. The average molecular weight is 248 g/mol. The van der Waals surface area contributed by atoms with Crippen LogP contribution in [0.15, 0.2) is 18.2 Å². The Labute approximate surface area is 92.9 Å². The predicted molar refractivity (Wildman–Crippen MR) is 61.2 cm³/mol. The molecule has 0 amide bonds. The van der Waals surface area contributed by atoms with E-state index >= 15 is 0 Å². The molecule has 0 aliphatic carbocycles. The van der Waals surface area contributed by atoms with Crippen LogP contribution >= 0.6 is 15.9 Å². The number of halogens is 1. The monoisotopic (exact) mass is 247 g/mol. The van der Waals surface area contributed by atoms with Gasteiger partial charge in [0.2, 0.25) is 0 Å². The van der Waals surface area contributed by atoms with E-state index in [2.05, 4.69) is 33.8 Å². The van der Waals surface area contributed by atoms with Crippen LogP contribution in [0.1, 0.15) is 23.1 Å². The van der Waals surface area contributed by atoms with Gasteiger partial charge in [-0.3, -0.25) is 0 Å². The summed E-state index contributed by atoms with van der Waals surface area (Å²) in [6.07, 6.45) is 0.804. The zero-order valence-electron chi connectivity index (χ0n) is 7.97. The van der Waals surface area contributed by atoms with E-state index in [0.29, 0.717) is 5.56 Å². The maximum atomic E-state index is 8.87. The molecule has 70 valence electrons. The van der Waals surface area contributed by atoms with Crippen molar-refractivity contribution in [3.8, 4) is 17.9 Å². The third kappa shape index (κ3) is 2.91. The van der Waals surface area contributed by atoms with Gasteiger partial charge in [0.05, 0.1) is 5.56 Å². The molecule has 1 rings (SSSR count). The number of nitriles is 1. The number of hydrogen-bond acceptors (Lipinski definition) is 1. The lowest BCUT2D eigenvalue weighted by molar-refractivity contribution is 1.32. The van der Waals surface area contributed by atoms with Crippen LogP contribution < -0.4 is 0 Å². The average Bonchev–Trinajstić information content (AvgIpc) is 2.20. The molecule has 0 aromatic heterocycles. The van der Waals surface area contributed by atoms with Crippen molar-refractivity contribution in [1.82, 2.24) is 0 Å². The van der Waals surface area contributed by atoms with Gasteiger partial charge in [0.15, 0.2) is 0 Å². The Hall–Kier alpha value is -1.25. The van der Waals surface area contributed by atoms with Gasteiger partial charge < -0.3 is 0 Å². The Morgan fingerprint density at radius 3 is 2.79 bits per heavy atom. The van der Waals surface area contributed by atoms with Crippen molar-refractivity contribution in [2.45, 2.75) is 13.3 Å². The molecule has 1 aromatic rings. The first-order chi connectivity index (χ1) is 6.77. The maximum absolute atomic E-state index is 8.87. The van der Waals surface area contributed by atoms with Crippen LogP contribution in [0.5, 0.6) is 0 Å². The second-order valence-electron chi connectivity index (χ2n) is 2.90. The lowest BCUT2D eigenvalue weighted by atomic mass is 10.1. The Morgan fingerprint density at radius 1 is 1.36 bits per heavy atom. The molecule has 0 N–H and O–H groups in total. The number of rotatable bonds is 1. The fourth-order valence-corrected chi connectivity index (χ4v) is 1.26. The minimum absolute atomic E-state index is 0.659. The van der Waals surface area contributed by atoms with E-state index in [1.807, 2.05) is 25.1 Å². The van der Waals surface area contributed by atoms with Gasteiger partial charge >= 0.3 is 0 Å². The second kappa shape index (κ2) is 5.47. The summed E-state index contributed by atoms with van der Waals surface area (Å²) in [5, 5.41) is 9.74. The van der Waals surface area contributed by atoms with Gasteiger partial charge in [0.25, 0.3) is 0 Å². The maximum Gasteiger partial charge on any atom is 0.100 e. The van der Waals surface area contributed by atoms with Gasteiger partial charge in [-0.15, -0.1) is 0 Å². The number of hydrogen-bond donors (Lipinski definition) is 0. The number of benzene rings is 1. The van der Waals surface area contributed by atoms with Crippen molar-refractivity contribution in [2.24, 2.45) is 0 Å². The highest BCUT2D eigenvalue weighted by molar-refractivity contribution is 9.09. The van der Waals surface area contributed by atoms with Crippen molar-refractivity contribution in [3.63, 3.8) is 0 Å². The number of alkyl halides is 1. The molecular weight excluding hydrogens is 238 g/mol. The van der Waals surface area contributed by atoms with Crippen LogP contribution in [0.3, 0.4) is 0 Å². The van der Waals surface area contributed by atoms with Gasteiger partial charge in [-0.1, -0.05) is 33.8 Å². The van der Waals surface area contributed by atoms with Crippen LogP contribution in [0.2, 0.25) is 0 Å². The summed E-state index contributed by atoms with van der Waals surface area (Å²) in [6.45, 7) is 1.97. The molecule has 14 heavy (non-hydrogen) atoms. The first-order valence-corrected chi connectivity index (χ1v) is 5.45. The molecule has 0 atom stereocenters. The molecule has 0 saturated carbocycles. The normalized spacial score (nSPS) is 8.64. The van der Waals surface area contributed by atoms with Crippen LogP contribution in [0, 0.1) is 30.1 Å². The van der Waals surface area contributed by atoms with Crippen molar-refractivity contribution in [3.05, 3.63) is 34.9 Å². The lowest BCUT2D eigenvalue weighted by Gasteiger charge is -1.96. The van der Waals surface area contributed by atoms with E-state index < -0.39 is 0 Å². The van der Waals surface area contributed by atoms with Crippen molar-refractivity contribution < 1.29 is 0 Å². The molecule has 0 unspecified atom stereocenters. The Balaban J connectivity index is 3.00. The van der Waals surface area contributed by atoms with E-state index in [-0.39, 0.29) is 0 Å². The summed E-state index contributed by atoms with van der Waals surface area (Å²) in [5.41, 5.74) is 2.57. The van der Waals surface area contributed by atoms with Crippen LogP contribution in [0.25, 0.3) is 0 Å². The lowest BCUT2D eigenvalue weighted by Crippen LogP contribution is -1.84. The molecule has 0 radical (unpaired) electrons. The fraction of sp³-hybridized carbons (Fsp3) is 0.250. The third-order valence-electron chi connectivity index (χ3n) is 1.74. The van der Waals surface area contributed by atoms with Crippen LogP contribution in [0.4, 0.5) is 0 Å². The summed E-state index contributed by atoms with van der Waals surface area (Å²) in [4.78, 5) is 0. The first-order valence-electron chi connectivity index (χ1n) is 4.33. The smallest absolute Gasteiger partial charge is 0.100 e. The highest BCUT2D eigenvalue weighted by Gasteiger charge is 1.97. The van der Waals surface area contributed by atoms with Gasteiger partial charge in [0, 0.05) is 17.3 Å². The molecule has 0 aliphatic heterocycles. The second-order valence-corrected chi connectivity index (χ2v) is 3.69. The Bertz CT molecular complexity index is 418. The highest BCUT2D eigenvalue weighted by Crippen LogP contribution is 2.09. The minimum atomic E-state index is 0.659. The van der Waals surface area contributed by atoms with Crippen LogP contribution in [-0.4, -0.2) is 5.33 Å². The summed E-state index contributed by atoms with van der Waals surface area (Å²) in [6, 6.07) is 7.88. The highest BCUT2D eigenvalue weighted by atomic mass is 79.9. The first kappa shape index (κ1) is 10.8. The molecule has 0 spiro atoms. The zero-order valence-corrected chi connectivity index (χ0v) is 9.56. The van der Waals surface area contributed by atoms with E-state index in [1.54, 1.807) is 0 Å². The number of aryl methyl sites for hydroxylation is 1. The molecule has 0 heterocycles. The Morgan fingerprint density at radius 2 is 2.14 bits per heavy atom. The third-order valence-corrected chi connectivity index (χ3v) is 2.13. The number of nitrogens with zero attached hydrogens (tertiary/aromatic N) is 1. The van der Waals surface area contributed by atoms with E-state index in [9.17, 15) is 0 Å². The molecule has 0 fully saturated rings. The predicted octanol–water partition coefficient (Wildman–Crippen LogP) is 3.00. The molecule has 0 saturated heterocycles. The van der Waals surface area contributed by atoms with Gasteiger partial charge in [0.1, 0.15) is 6.07 Å². The van der Waals surface area contributed by atoms with E-state index in [1.165, 1.54) is 0 Å². The molecule has 1 aromatic carbocycles. The molecule has 0 bridgehead atoms. The van der Waals surface area contributed by atoms with Crippen molar-refractivity contribution >= 4 is 15.9 Å². The van der Waals surface area contributed by atoms with Crippen molar-refractivity contribution in [2.75, 3.05) is 5.33 Å². The van der Waals surface area contributed by atoms with E-state index in [4.69, 9.17) is 5.26 Å². The molecular formula is C12H10BrN. The van der Waals surface area contributed by atoms with E-state index in [0.717, 1.165) is 22.9 Å². The SMILES string of the molecule is Cc1ccc(C#CCCBr)c(C#N)c1. The summed E-state index contributed by atoms with van der Waals surface area (Å²) in [7, 11) is 0. The van der Waals surface area contributed by atoms with Gasteiger partial charge in [-0.25, -0.2) is 0 Å². The topological polar surface area (TPSA) is 23.8 Å². The molecule has 1 nitrogen and oxygen atoms in total. The van der Waals surface area contributed by atoms with Crippen molar-refractivity contribution in [1.29, 1.82) is 5.26 Å². The van der Waals surface area contributed by atoms with Crippen LogP contribution in [-0.2, 0) is 0 Å². The molecule has 2 heteroatoms. The largest absolute Gasteiger partial charge is 0.192 e. The van der Waals surface area contributed by atoms with Gasteiger partial charge in [-0.05, 0) is 24.6 Å². The summed E-state index contributed by atoms with van der Waals surface area (Å²) < 4.78 is 0. The quantitative estimate of drug-likeness (QED) is 0.553. The van der Waals surface area contributed by atoms with Gasteiger partial charge in [-0.2, -0.15) is 5.26 Å². The standard InChI is InChI=1S/C12H10BrN/c1-10-5-6-11(4-2-3-7-13)12(8-10)9-14/h5-6,8H,3,7H2,1H3. The summed E-state index contributed by atoms with van der Waals surface area (Å²) in [5.74, 6) is 5.99. The zero-order chi connectivity index (χ0) is 10.4.